The molecule has 0 saturated carbocycles. The molecule has 2 aromatic rings. The zero-order chi connectivity index (χ0) is 12.8. The van der Waals surface area contributed by atoms with Gasteiger partial charge in [-0.15, -0.1) is 11.3 Å². The maximum Gasteiger partial charge on any atom is 0.120 e. The Kier molecular flexibility index (Phi) is 5.23. The summed E-state index contributed by atoms with van der Waals surface area (Å²) in [6.07, 6.45) is 0. The first-order chi connectivity index (χ1) is 8.75. The third-order valence-electron chi connectivity index (χ3n) is 2.59. The maximum absolute atomic E-state index is 5.67. The van der Waals surface area contributed by atoms with Gasteiger partial charge in [0.15, 0.2) is 0 Å². The lowest BCUT2D eigenvalue weighted by molar-refractivity contribution is 0.308. The maximum atomic E-state index is 5.67. The lowest BCUT2D eigenvalue weighted by Gasteiger charge is -2.12. The first-order valence-electron chi connectivity index (χ1n) is 5.91. The molecule has 2 rings (SSSR count). The first kappa shape index (κ1) is 13.6. The summed E-state index contributed by atoms with van der Waals surface area (Å²) >= 11 is 5.20. The molecule has 96 valence electrons. The lowest BCUT2D eigenvalue weighted by Crippen LogP contribution is -2.23. The highest BCUT2D eigenvalue weighted by atomic mass is 79.9. The summed E-state index contributed by atoms with van der Waals surface area (Å²) in [7, 11) is 0. The molecular weight excluding hydrogens is 310 g/mol. The van der Waals surface area contributed by atoms with Crippen molar-refractivity contribution in [1.82, 2.24) is 5.32 Å². The van der Waals surface area contributed by atoms with E-state index in [1.165, 1.54) is 4.88 Å². The summed E-state index contributed by atoms with van der Waals surface area (Å²) < 4.78 is 6.71. The Morgan fingerprint density at radius 1 is 1.33 bits per heavy atom. The van der Waals surface area contributed by atoms with Gasteiger partial charge in [0.1, 0.15) is 12.4 Å². The molecule has 0 unspecified atom stereocenters. The topological polar surface area (TPSA) is 21.3 Å². The minimum absolute atomic E-state index is 0.385. The van der Waals surface area contributed by atoms with Crippen molar-refractivity contribution in [2.24, 2.45) is 0 Å². The van der Waals surface area contributed by atoms with E-state index in [0.717, 1.165) is 16.8 Å². The molecule has 2 nitrogen and oxygen atoms in total. The molecule has 1 heterocycles. The second-order valence-corrected chi connectivity index (χ2v) is 5.89. The van der Waals surface area contributed by atoms with Crippen molar-refractivity contribution >= 4 is 27.3 Å². The fourth-order valence-corrected chi connectivity index (χ4v) is 2.78. The van der Waals surface area contributed by atoms with Gasteiger partial charge in [0.25, 0.3) is 0 Å². The summed E-state index contributed by atoms with van der Waals surface area (Å²) in [5.74, 6) is 0.898. The van der Waals surface area contributed by atoms with Crippen LogP contribution < -0.4 is 10.1 Å². The standard InChI is InChI=1S/C14H16BrNOS/c1-11(14-6-3-9-18-14)16-7-8-17-13-5-2-4-12(15)10-13/h2-6,9-11,16H,7-8H2,1H3/t11-/m1/s1. The fraction of sp³-hybridized carbons (Fsp3) is 0.286. The summed E-state index contributed by atoms with van der Waals surface area (Å²) in [4.78, 5) is 1.36. The largest absolute Gasteiger partial charge is 0.492 e. The quantitative estimate of drug-likeness (QED) is 0.802. The number of ether oxygens (including phenoxy) is 1. The van der Waals surface area contributed by atoms with E-state index in [9.17, 15) is 0 Å². The molecule has 0 aliphatic carbocycles. The molecule has 0 fully saturated rings. The molecule has 4 heteroatoms. The van der Waals surface area contributed by atoms with Crippen LogP contribution >= 0.6 is 27.3 Å². The normalized spacial score (nSPS) is 12.3. The molecule has 18 heavy (non-hydrogen) atoms. The van der Waals surface area contributed by atoms with Gasteiger partial charge in [0.05, 0.1) is 0 Å². The molecule has 0 spiro atoms. The predicted molar refractivity (Wildman–Crippen MR) is 80.4 cm³/mol. The van der Waals surface area contributed by atoms with Gasteiger partial charge in [-0.05, 0) is 36.6 Å². The Morgan fingerprint density at radius 3 is 2.94 bits per heavy atom. The van der Waals surface area contributed by atoms with Crippen molar-refractivity contribution in [2.75, 3.05) is 13.2 Å². The van der Waals surface area contributed by atoms with Crippen LogP contribution in [0.4, 0.5) is 0 Å². The van der Waals surface area contributed by atoms with E-state index in [2.05, 4.69) is 45.7 Å². The van der Waals surface area contributed by atoms with Crippen LogP contribution in [0.3, 0.4) is 0 Å². The molecule has 0 radical (unpaired) electrons. The summed E-state index contributed by atoms with van der Waals surface area (Å²) in [6, 6.07) is 12.5. The summed E-state index contributed by atoms with van der Waals surface area (Å²) in [5.41, 5.74) is 0. The van der Waals surface area contributed by atoms with Gasteiger partial charge in [-0.25, -0.2) is 0 Å². The third kappa shape index (κ3) is 4.12. The van der Waals surface area contributed by atoms with Gasteiger partial charge >= 0.3 is 0 Å². The van der Waals surface area contributed by atoms with Crippen molar-refractivity contribution in [3.05, 3.63) is 51.1 Å². The Hall–Kier alpha value is -0.840. The van der Waals surface area contributed by atoms with Crippen molar-refractivity contribution in [3.63, 3.8) is 0 Å². The number of halogens is 1. The second-order valence-electron chi connectivity index (χ2n) is 4.00. The van der Waals surface area contributed by atoms with Crippen molar-refractivity contribution in [3.8, 4) is 5.75 Å². The number of thiophene rings is 1. The third-order valence-corrected chi connectivity index (χ3v) is 4.14. The Balaban J connectivity index is 1.70. The highest BCUT2D eigenvalue weighted by molar-refractivity contribution is 9.10. The second kappa shape index (κ2) is 6.92. The molecule has 1 N–H and O–H groups in total. The zero-order valence-electron chi connectivity index (χ0n) is 10.2. The van der Waals surface area contributed by atoms with E-state index >= 15 is 0 Å². The van der Waals surface area contributed by atoms with E-state index in [1.54, 1.807) is 11.3 Å². The fourth-order valence-electron chi connectivity index (χ4n) is 1.64. The van der Waals surface area contributed by atoms with Gasteiger partial charge < -0.3 is 10.1 Å². The molecule has 0 saturated heterocycles. The van der Waals surface area contributed by atoms with E-state index in [-0.39, 0.29) is 0 Å². The number of hydrogen-bond acceptors (Lipinski definition) is 3. The predicted octanol–water partition coefficient (Wildman–Crippen LogP) is 4.24. The highest BCUT2D eigenvalue weighted by Crippen LogP contribution is 2.19. The van der Waals surface area contributed by atoms with Gasteiger partial charge in [0, 0.05) is 21.9 Å². The molecule has 0 aliphatic heterocycles. The molecule has 0 bridgehead atoms. The average molecular weight is 326 g/mol. The minimum Gasteiger partial charge on any atom is -0.492 e. The summed E-state index contributed by atoms with van der Waals surface area (Å²) in [5, 5.41) is 5.55. The van der Waals surface area contributed by atoms with Crippen LogP contribution in [0.25, 0.3) is 0 Å². The van der Waals surface area contributed by atoms with E-state index in [1.807, 2.05) is 24.3 Å². The van der Waals surface area contributed by atoms with Crippen LogP contribution in [0.15, 0.2) is 46.3 Å². The van der Waals surface area contributed by atoms with Crippen molar-refractivity contribution in [2.45, 2.75) is 13.0 Å². The smallest absolute Gasteiger partial charge is 0.120 e. The molecule has 1 aromatic heterocycles. The highest BCUT2D eigenvalue weighted by Gasteiger charge is 2.04. The van der Waals surface area contributed by atoms with Crippen LogP contribution in [0.1, 0.15) is 17.8 Å². The van der Waals surface area contributed by atoms with Gasteiger partial charge in [-0.2, -0.15) is 0 Å². The first-order valence-corrected chi connectivity index (χ1v) is 7.58. The van der Waals surface area contributed by atoms with Gasteiger partial charge in [0.2, 0.25) is 0 Å². The van der Waals surface area contributed by atoms with E-state index < -0.39 is 0 Å². The van der Waals surface area contributed by atoms with Gasteiger partial charge in [-0.1, -0.05) is 28.1 Å². The SMILES string of the molecule is C[C@@H](NCCOc1cccc(Br)c1)c1cccs1. The van der Waals surface area contributed by atoms with Crippen molar-refractivity contribution in [1.29, 1.82) is 0 Å². The van der Waals surface area contributed by atoms with Crippen molar-refractivity contribution < 1.29 is 4.74 Å². The monoisotopic (exact) mass is 325 g/mol. The molecular formula is C14H16BrNOS. The van der Waals surface area contributed by atoms with E-state index in [4.69, 9.17) is 4.74 Å². The summed E-state index contributed by atoms with van der Waals surface area (Å²) in [6.45, 7) is 3.68. The van der Waals surface area contributed by atoms with Crippen LogP contribution in [0.2, 0.25) is 0 Å². The number of hydrogen-bond donors (Lipinski definition) is 1. The molecule has 0 aliphatic rings. The Morgan fingerprint density at radius 2 is 2.22 bits per heavy atom. The number of nitrogens with one attached hydrogen (secondary N) is 1. The lowest BCUT2D eigenvalue weighted by atomic mass is 10.3. The van der Waals surface area contributed by atoms with Crippen LogP contribution in [-0.2, 0) is 0 Å². The molecule has 0 amide bonds. The molecule has 1 aromatic carbocycles. The average Bonchev–Trinajstić information content (AvgIpc) is 2.88. The van der Waals surface area contributed by atoms with Gasteiger partial charge in [-0.3, -0.25) is 0 Å². The minimum atomic E-state index is 0.385. The Labute approximate surface area is 120 Å². The van der Waals surface area contributed by atoms with E-state index in [0.29, 0.717) is 12.6 Å². The number of benzene rings is 1. The van der Waals surface area contributed by atoms with Crippen LogP contribution in [0.5, 0.6) is 5.75 Å². The van der Waals surface area contributed by atoms with Crippen LogP contribution in [0, 0.1) is 0 Å². The number of rotatable bonds is 6. The molecule has 1 atom stereocenters. The zero-order valence-corrected chi connectivity index (χ0v) is 12.6. The van der Waals surface area contributed by atoms with Crippen LogP contribution in [-0.4, -0.2) is 13.2 Å². The Bertz CT molecular complexity index is 472.